The van der Waals surface area contributed by atoms with E-state index < -0.39 is 0 Å². The van der Waals surface area contributed by atoms with E-state index in [0.29, 0.717) is 40.3 Å². The van der Waals surface area contributed by atoms with Gasteiger partial charge in [-0.25, -0.2) is 9.97 Å². The van der Waals surface area contributed by atoms with E-state index in [1.165, 1.54) is 6.33 Å². The molecule has 0 atom stereocenters. The molecule has 0 amide bonds. The van der Waals surface area contributed by atoms with E-state index in [1.54, 1.807) is 6.20 Å². The zero-order valence-electron chi connectivity index (χ0n) is 20.5. The molecule has 1 aliphatic heterocycles. The highest BCUT2D eigenvalue weighted by Gasteiger charge is 2.20. The third-order valence-corrected chi connectivity index (χ3v) is 6.82. The number of H-pyrrole nitrogens is 2. The second-order valence-electron chi connectivity index (χ2n) is 9.09. The third-order valence-electron chi connectivity index (χ3n) is 6.82. The van der Waals surface area contributed by atoms with E-state index in [0.717, 1.165) is 60.4 Å². The van der Waals surface area contributed by atoms with E-state index in [4.69, 9.17) is 20.2 Å². The normalized spacial score (nSPS) is 14.4. The number of ether oxygens (including phenoxy) is 2. The summed E-state index contributed by atoms with van der Waals surface area (Å²) in [5, 5.41) is 8.47. The molecular weight excluding hydrogens is 470 g/mol. The summed E-state index contributed by atoms with van der Waals surface area (Å²) < 4.78 is 11.4. The molecule has 3 aromatic heterocycles. The van der Waals surface area contributed by atoms with Crippen molar-refractivity contribution in [3.8, 4) is 28.3 Å². The smallest absolute Gasteiger partial charge is 0.260 e. The Labute approximate surface area is 212 Å². The number of benzene rings is 2. The summed E-state index contributed by atoms with van der Waals surface area (Å²) in [6, 6.07) is 11.6. The number of anilines is 1. The highest BCUT2D eigenvalue weighted by atomic mass is 16.5. The third kappa shape index (κ3) is 4.30. The number of aromatic amines is 2. The van der Waals surface area contributed by atoms with Gasteiger partial charge in [-0.2, -0.15) is 5.10 Å². The van der Waals surface area contributed by atoms with Gasteiger partial charge < -0.3 is 20.2 Å². The lowest BCUT2D eigenvalue weighted by molar-refractivity contribution is 0.0320. The number of morpholine rings is 1. The minimum absolute atomic E-state index is 0.305. The van der Waals surface area contributed by atoms with Crippen LogP contribution >= 0.6 is 0 Å². The molecule has 2 aromatic carbocycles. The summed E-state index contributed by atoms with van der Waals surface area (Å²) >= 11 is 0. The van der Waals surface area contributed by atoms with Crippen LogP contribution in [0, 0.1) is 6.92 Å². The van der Waals surface area contributed by atoms with Crippen LogP contribution in [0.4, 0.5) is 5.69 Å². The van der Waals surface area contributed by atoms with Crippen LogP contribution in [-0.4, -0.2) is 69.5 Å². The van der Waals surface area contributed by atoms with Crippen molar-refractivity contribution < 1.29 is 9.47 Å². The predicted molar refractivity (Wildman–Crippen MR) is 143 cm³/mol. The molecule has 0 saturated carbocycles. The van der Waals surface area contributed by atoms with Gasteiger partial charge in [0.05, 0.1) is 53.5 Å². The Morgan fingerprint density at radius 2 is 2.03 bits per heavy atom. The maximum Gasteiger partial charge on any atom is 0.260 e. The van der Waals surface area contributed by atoms with Crippen LogP contribution in [0.5, 0.6) is 5.88 Å². The Hall–Kier alpha value is -4.28. The number of aryl methyl sites for hydroxylation is 1. The molecule has 0 unspecified atom stereocenters. The van der Waals surface area contributed by atoms with Crippen molar-refractivity contribution in [2.24, 2.45) is 0 Å². The lowest BCUT2D eigenvalue weighted by Gasteiger charge is -2.26. The summed E-state index contributed by atoms with van der Waals surface area (Å²) in [5.74, 6) is 0.509. The Bertz CT molecular complexity index is 1650. The van der Waals surface area contributed by atoms with Gasteiger partial charge in [-0.3, -0.25) is 14.8 Å². The van der Waals surface area contributed by atoms with Crippen LogP contribution in [-0.2, 0) is 4.74 Å². The SMILES string of the molecule is Cc1ccc2[nH]ncc2c1-c1cc(-c2cccc(OCCN3CCOCC3)n2)c2nc[nH]c(=O)c2c1N. The summed E-state index contributed by atoms with van der Waals surface area (Å²) in [6.45, 7) is 6.63. The Morgan fingerprint density at radius 1 is 1.16 bits per heavy atom. The van der Waals surface area contributed by atoms with Crippen molar-refractivity contribution in [2.45, 2.75) is 6.92 Å². The van der Waals surface area contributed by atoms with Gasteiger partial charge in [0.15, 0.2) is 0 Å². The first-order valence-electron chi connectivity index (χ1n) is 12.2. The molecule has 0 aliphatic carbocycles. The van der Waals surface area contributed by atoms with Crippen molar-refractivity contribution in [3.63, 3.8) is 0 Å². The van der Waals surface area contributed by atoms with Crippen molar-refractivity contribution in [3.05, 3.63) is 64.8 Å². The molecule has 0 radical (unpaired) electrons. The molecule has 37 heavy (non-hydrogen) atoms. The summed E-state index contributed by atoms with van der Waals surface area (Å²) in [7, 11) is 0. The molecule has 188 valence electrons. The number of rotatable bonds is 6. The minimum Gasteiger partial charge on any atom is -0.476 e. The highest BCUT2D eigenvalue weighted by molar-refractivity contribution is 6.09. The summed E-state index contributed by atoms with van der Waals surface area (Å²) in [4.78, 5) is 27.2. The second kappa shape index (κ2) is 9.64. The molecule has 1 saturated heterocycles. The van der Waals surface area contributed by atoms with Gasteiger partial charge in [0, 0.05) is 42.2 Å². The van der Waals surface area contributed by atoms with Crippen molar-refractivity contribution >= 4 is 27.5 Å². The van der Waals surface area contributed by atoms with Gasteiger partial charge >= 0.3 is 0 Å². The first-order chi connectivity index (χ1) is 18.1. The van der Waals surface area contributed by atoms with E-state index in [9.17, 15) is 4.79 Å². The van der Waals surface area contributed by atoms with Crippen molar-refractivity contribution in [1.29, 1.82) is 0 Å². The Kier molecular flexibility index (Phi) is 6.03. The zero-order valence-corrected chi connectivity index (χ0v) is 20.5. The van der Waals surface area contributed by atoms with E-state index in [-0.39, 0.29) is 5.56 Å². The number of fused-ring (bicyclic) bond motifs is 2. The molecule has 6 rings (SSSR count). The lowest BCUT2D eigenvalue weighted by Crippen LogP contribution is -2.38. The minimum atomic E-state index is -0.305. The van der Waals surface area contributed by atoms with Crippen LogP contribution in [0.3, 0.4) is 0 Å². The van der Waals surface area contributed by atoms with Gasteiger partial charge in [0.25, 0.3) is 5.56 Å². The fraction of sp³-hybridized carbons (Fsp3) is 0.259. The number of aromatic nitrogens is 5. The number of nitrogens with two attached hydrogens (primary N) is 1. The number of hydrogen-bond acceptors (Lipinski definition) is 8. The Morgan fingerprint density at radius 3 is 2.89 bits per heavy atom. The number of pyridine rings is 1. The van der Waals surface area contributed by atoms with Crippen LogP contribution in [0.2, 0.25) is 0 Å². The van der Waals surface area contributed by atoms with Crippen LogP contribution in [0.25, 0.3) is 44.2 Å². The number of nitrogens with one attached hydrogen (secondary N) is 2. The second-order valence-corrected chi connectivity index (χ2v) is 9.09. The molecule has 4 N–H and O–H groups in total. The number of nitrogen functional groups attached to an aromatic ring is 1. The van der Waals surface area contributed by atoms with Gasteiger partial charge in [0.1, 0.15) is 6.61 Å². The molecule has 5 aromatic rings. The molecule has 0 bridgehead atoms. The maximum atomic E-state index is 13.0. The first-order valence-corrected chi connectivity index (χ1v) is 12.2. The van der Waals surface area contributed by atoms with Crippen molar-refractivity contribution in [1.82, 2.24) is 30.0 Å². The van der Waals surface area contributed by atoms with Gasteiger partial charge in [-0.05, 0) is 36.2 Å². The lowest BCUT2D eigenvalue weighted by atomic mass is 9.91. The average molecular weight is 498 g/mol. The van der Waals surface area contributed by atoms with Gasteiger partial charge in [-0.1, -0.05) is 12.1 Å². The molecular formula is C27H27N7O3. The number of nitrogens with zero attached hydrogens (tertiary/aromatic N) is 4. The molecule has 10 nitrogen and oxygen atoms in total. The fourth-order valence-corrected chi connectivity index (χ4v) is 4.91. The van der Waals surface area contributed by atoms with E-state index in [1.807, 2.05) is 43.3 Å². The molecule has 4 heterocycles. The van der Waals surface area contributed by atoms with Gasteiger partial charge in [0.2, 0.25) is 5.88 Å². The zero-order chi connectivity index (χ0) is 25.4. The molecule has 1 aliphatic rings. The van der Waals surface area contributed by atoms with E-state index >= 15 is 0 Å². The average Bonchev–Trinajstić information content (AvgIpc) is 3.39. The predicted octanol–water partition coefficient (Wildman–Crippen LogP) is 3.13. The quantitative estimate of drug-likeness (QED) is 0.305. The summed E-state index contributed by atoms with van der Waals surface area (Å²) in [6.07, 6.45) is 3.16. The topological polar surface area (TPSA) is 135 Å². The van der Waals surface area contributed by atoms with Gasteiger partial charge in [-0.15, -0.1) is 0 Å². The largest absolute Gasteiger partial charge is 0.476 e. The van der Waals surface area contributed by atoms with Crippen molar-refractivity contribution in [2.75, 3.05) is 45.2 Å². The highest BCUT2D eigenvalue weighted by Crippen LogP contribution is 2.40. The van der Waals surface area contributed by atoms with Crippen LogP contribution in [0.15, 0.2) is 53.7 Å². The van der Waals surface area contributed by atoms with Crippen LogP contribution < -0.4 is 16.0 Å². The standard InChI is InChI=1S/C27H27N7O3/c1-16-5-6-21-19(14-31-33-21)23(16)18-13-17(26-24(25(18)28)27(35)30-15-29-26)20-3-2-4-22(32-20)37-12-9-34-7-10-36-11-8-34/h2-6,13-15H,7-12,28H2,1H3,(H,31,33)(H,29,30,35). The van der Waals surface area contributed by atoms with Crippen LogP contribution in [0.1, 0.15) is 5.56 Å². The summed E-state index contributed by atoms with van der Waals surface area (Å²) in [5.41, 5.74) is 12.1. The molecule has 1 fully saturated rings. The molecule has 10 heteroatoms. The fourth-order valence-electron chi connectivity index (χ4n) is 4.91. The monoisotopic (exact) mass is 497 g/mol. The molecule has 0 spiro atoms. The number of hydrogen-bond donors (Lipinski definition) is 3. The van der Waals surface area contributed by atoms with E-state index in [2.05, 4.69) is 25.1 Å². The first kappa shape index (κ1) is 23.1. The maximum absolute atomic E-state index is 13.0. The Balaban J connectivity index is 1.45.